The van der Waals surface area contributed by atoms with E-state index in [1.165, 1.54) is 11.1 Å². The SMILES string of the molecule is CCn1ncc(NC(=O)CCn2cc(Cl)c(C)n2)c1C(=O)N(C)C. The maximum atomic E-state index is 12.3. The van der Waals surface area contributed by atoms with Gasteiger partial charge in [-0.1, -0.05) is 11.6 Å². The topological polar surface area (TPSA) is 85.0 Å². The number of aryl methyl sites for hydroxylation is 3. The predicted octanol–water partition coefficient (Wildman–Crippen LogP) is 1.79. The first-order valence-corrected chi connectivity index (χ1v) is 7.98. The molecule has 2 amide bonds. The van der Waals surface area contributed by atoms with Crippen molar-refractivity contribution in [1.82, 2.24) is 24.5 Å². The molecule has 2 aromatic heterocycles. The van der Waals surface area contributed by atoms with Gasteiger partial charge in [0.15, 0.2) is 0 Å². The second-order valence-corrected chi connectivity index (χ2v) is 5.95. The van der Waals surface area contributed by atoms with E-state index in [2.05, 4.69) is 15.5 Å². The smallest absolute Gasteiger partial charge is 0.273 e. The van der Waals surface area contributed by atoms with Gasteiger partial charge in [-0.3, -0.25) is 19.0 Å². The number of anilines is 1. The maximum absolute atomic E-state index is 12.3. The van der Waals surface area contributed by atoms with Crippen molar-refractivity contribution in [2.75, 3.05) is 19.4 Å². The van der Waals surface area contributed by atoms with Gasteiger partial charge in [-0.05, 0) is 13.8 Å². The number of hydrogen-bond acceptors (Lipinski definition) is 4. The molecule has 1 N–H and O–H groups in total. The first-order chi connectivity index (χ1) is 11.3. The van der Waals surface area contributed by atoms with Gasteiger partial charge in [0, 0.05) is 39.8 Å². The lowest BCUT2D eigenvalue weighted by Crippen LogP contribution is -2.26. The Morgan fingerprint density at radius 1 is 1.38 bits per heavy atom. The minimum Gasteiger partial charge on any atom is -0.343 e. The molecular weight excluding hydrogens is 332 g/mol. The van der Waals surface area contributed by atoms with Gasteiger partial charge in [-0.25, -0.2) is 0 Å². The van der Waals surface area contributed by atoms with Crippen molar-refractivity contribution in [2.24, 2.45) is 0 Å². The Kier molecular flexibility index (Phi) is 5.61. The highest BCUT2D eigenvalue weighted by Gasteiger charge is 2.21. The molecule has 0 bridgehead atoms. The summed E-state index contributed by atoms with van der Waals surface area (Å²) < 4.78 is 3.19. The Hall–Kier alpha value is -2.35. The van der Waals surface area contributed by atoms with E-state index in [4.69, 9.17) is 11.6 Å². The van der Waals surface area contributed by atoms with Crippen molar-refractivity contribution < 1.29 is 9.59 Å². The molecule has 0 spiro atoms. The minimum atomic E-state index is -0.220. The van der Waals surface area contributed by atoms with Crippen LogP contribution in [0.25, 0.3) is 0 Å². The van der Waals surface area contributed by atoms with Gasteiger partial charge in [-0.15, -0.1) is 0 Å². The van der Waals surface area contributed by atoms with Gasteiger partial charge in [0.25, 0.3) is 5.91 Å². The summed E-state index contributed by atoms with van der Waals surface area (Å²) >= 11 is 5.94. The largest absolute Gasteiger partial charge is 0.343 e. The van der Waals surface area contributed by atoms with Gasteiger partial charge in [0.2, 0.25) is 5.91 Å². The fraction of sp³-hybridized carbons (Fsp3) is 0.467. The van der Waals surface area contributed by atoms with Crippen LogP contribution < -0.4 is 5.32 Å². The zero-order chi connectivity index (χ0) is 17.9. The van der Waals surface area contributed by atoms with Crippen molar-refractivity contribution in [1.29, 1.82) is 0 Å². The summed E-state index contributed by atoms with van der Waals surface area (Å²) in [4.78, 5) is 25.9. The molecule has 2 aromatic rings. The van der Waals surface area contributed by atoms with Crippen LogP contribution in [-0.2, 0) is 17.9 Å². The van der Waals surface area contributed by atoms with Crippen LogP contribution in [0.4, 0.5) is 5.69 Å². The number of amides is 2. The number of nitrogens with one attached hydrogen (secondary N) is 1. The predicted molar refractivity (Wildman–Crippen MR) is 91.1 cm³/mol. The van der Waals surface area contributed by atoms with Crippen LogP contribution in [0, 0.1) is 6.92 Å². The Morgan fingerprint density at radius 2 is 2.08 bits per heavy atom. The zero-order valence-corrected chi connectivity index (χ0v) is 15.0. The Labute approximate surface area is 145 Å². The normalized spacial score (nSPS) is 10.7. The molecule has 8 nitrogen and oxygen atoms in total. The van der Waals surface area contributed by atoms with Crippen molar-refractivity contribution in [3.8, 4) is 0 Å². The number of rotatable bonds is 6. The molecule has 130 valence electrons. The monoisotopic (exact) mass is 352 g/mol. The summed E-state index contributed by atoms with van der Waals surface area (Å²) in [5, 5.41) is 11.7. The summed E-state index contributed by atoms with van der Waals surface area (Å²) in [5.41, 5.74) is 1.50. The van der Waals surface area contributed by atoms with Gasteiger partial charge in [0.1, 0.15) is 5.69 Å². The molecule has 0 saturated heterocycles. The van der Waals surface area contributed by atoms with Crippen LogP contribution in [0.5, 0.6) is 0 Å². The van der Waals surface area contributed by atoms with E-state index in [1.54, 1.807) is 36.6 Å². The quantitative estimate of drug-likeness (QED) is 0.858. The first kappa shape index (κ1) is 18.0. The van der Waals surface area contributed by atoms with Crippen molar-refractivity contribution in [2.45, 2.75) is 33.4 Å². The summed E-state index contributed by atoms with van der Waals surface area (Å²) in [6.45, 7) is 4.63. The zero-order valence-electron chi connectivity index (χ0n) is 14.2. The highest BCUT2D eigenvalue weighted by molar-refractivity contribution is 6.31. The number of halogens is 1. The molecule has 0 saturated carbocycles. The molecular formula is C15H21ClN6O2. The lowest BCUT2D eigenvalue weighted by molar-refractivity contribution is -0.116. The third-order valence-electron chi connectivity index (χ3n) is 3.48. The molecule has 0 fully saturated rings. The summed E-state index contributed by atoms with van der Waals surface area (Å²) in [7, 11) is 3.31. The summed E-state index contributed by atoms with van der Waals surface area (Å²) in [5.74, 6) is -0.429. The van der Waals surface area contributed by atoms with Gasteiger partial charge < -0.3 is 10.2 Å². The average Bonchev–Trinajstić information content (AvgIpc) is 3.07. The molecule has 0 aliphatic carbocycles. The van der Waals surface area contributed by atoms with Gasteiger partial charge in [-0.2, -0.15) is 10.2 Å². The summed E-state index contributed by atoms with van der Waals surface area (Å²) in [6, 6.07) is 0. The molecule has 0 radical (unpaired) electrons. The lowest BCUT2D eigenvalue weighted by Gasteiger charge is -2.13. The second-order valence-electron chi connectivity index (χ2n) is 5.55. The molecule has 2 heterocycles. The Morgan fingerprint density at radius 3 is 2.62 bits per heavy atom. The summed E-state index contributed by atoms with van der Waals surface area (Å²) in [6.07, 6.45) is 3.39. The molecule has 2 rings (SSSR count). The van der Waals surface area contributed by atoms with E-state index in [0.29, 0.717) is 29.5 Å². The number of carbonyl (C=O) groups excluding carboxylic acids is 2. The molecule has 24 heavy (non-hydrogen) atoms. The van der Waals surface area contributed by atoms with Crippen molar-refractivity contribution in [3.05, 3.63) is 28.8 Å². The fourth-order valence-electron chi connectivity index (χ4n) is 2.19. The fourth-order valence-corrected chi connectivity index (χ4v) is 2.34. The number of aromatic nitrogens is 4. The van der Waals surface area contributed by atoms with E-state index in [9.17, 15) is 9.59 Å². The van der Waals surface area contributed by atoms with E-state index < -0.39 is 0 Å². The van der Waals surface area contributed by atoms with E-state index in [-0.39, 0.29) is 18.2 Å². The molecule has 9 heteroatoms. The van der Waals surface area contributed by atoms with Crippen LogP contribution >= 0.6 is 11.6 Å². The Balaban J connectivity index is 2.06. The Bertz CT molecular complexity index is 730. The molecule has 0 atom stereocenters. The molecule has 0 unspecified atom stereocenters. The van der Waals surface area contributed by atoms with Crippen molar-refractivity contribution in [3.63, 3.8) is 0 Å². The van der Waals surface area contributed by atoms with E-state index in [0.717, 1.165) is 5.69 Å². The van der Waals surface area contributed by atoms with Gasteiger partial charge >= 0.3 is 0 Å². The third kappa shape index (κ3) is 3.94. The van der Waals surface area contributed by atoms with Crippen LogP contribution in [-0.4, -0.2) is 50.4 Å². The second kappa shape index (κ2) is 7.48. The highest BCUT2D eigenvalue weighted by atomic mass is 35.5. The van der Waals surface area contributed by atoms with Crippen LogP contribution in [0.2, 0.25) is 5.02 Å². The molecule has 0 aliphatic rings. The van der Waals surface area contributed by atoms with Crippen molar-refractivity contribution >= 4 is 29.1 Å². The van der Waals surface area contributed by atoms with Crippen LogP contribution in [0.15, 0.2) is 12.4 Å². The lowest BCUT2D eigenvalue weighted by atomic mass is 10.3. The van der Waals surface area contributed by atoms with E-state index in [1.807, 2.05) is 6.92 Å². The average molecular weight is 353 g/mol. The van der Waals surface area contributed by atoms with Gasteiger partial charge in [0.05, 0.1) is 22.6 Å². The molecule has 0 aliphatic heterocycles. The number of nitrogens with zero attached hydrogens (tertiary/aromatic N) is 5. The maximum Gasteiger partial charge on any atom is 0.273 e. The number of hydrogen-bond donors (Lipinski definition) is 1. The standard InChI is InChI=1S/C15H21ClN6O2/c1-5-22-14(15(24)20(3)4)12(8-17-22)18-13(23)6-7-21-9-11(16)10(2)19-21/h8-9H,5-7H2,1-4H3,(H,18,23). The van der Waals surface area contributed by atoms with Crippen LogP contribution in [0.1, 0.15) is 29.5 Å². The highest BCUT2D eigenvalue weighted by Crippen LogP contribution is 2.17. The first-order valence-electron chi connectivity index (χ1n) is 7.60. The minimum absolute atomic E-state index is 0.209. The van der Waals surface area contributed by atoms with E-state index >= 15 is 0 Å². The van der Waals surface area contributed by atoms with Crippen LogP contribution in [0.3, 0.4) is 0 Å². The third-order valence-corrected chi connectivity index (χ3v) is 3.85. The molecule has 0 aromatic carbocycles. The number of carbonyl (C=O) groups is 2.